The summed E-state index contributed by atoms with van der Waals surface area (Å²) in [6.07, 6.45) is 0.253. The molecular weight excluding hydrogens is 234 g/mol. The molecule has 0 saturated carbocycles. The topological polar surface area (TPSA) is 75.6 Å². The number of amides is 1. The van der Waals surface area contributed by atoms with Crippen LogP contribution in [0.15, 0.2) is 24.3 Å². The van der Waals surface area contributed by atoms with Crippen molar-refractivity contribution in [3.63, 3.8) is 0 Å². The minimum absolute atomic E-state index is 0.0590. The van der Waals surface area contributed by atoms with E-state index < -0.39 is 5.97 Å². The fourth-order valence-corrected chi connectivity index (χ4v) is 1.46. The van der Waals surface area contributed by atoms with E-state index in [1.54, 1.807) is 31.2 Å². The lowest BCUT2D eigenvalue weighted by molar-refractivity contribution is -0.137. The van der Waals surface area contributed by atoms with Crippen LogP contribution in [0.3, 0.4) is 0 Å². The van der Waals surface area contributed by atoms with Gasteiger partial charge in [0.1, 0.15) is 5.75 Å². The molecule has 2 N–H and O–H groups in total. The molecule has 0 saturated heterocycles. The highest BCUT2D eigenvalue weighted by Gasteiger charge is 2.10. The molecule has 1 aromatic carbocycles. The quantitative estimate of drug-likeness (QED) is 0.813. The summed E-state index contributed by atoms with van der Waals surface area (Å²) in [5.74, 6) is -0.476. The second kappa shape index (κ2) is 6.64. The maximum Gasteiger partial charge on any atom is 0.303 e. The number of benzene rings is 1. The average Bonchev–Trinajstić information content (AvgIpc) is 2.28. The summed E-state index contributed by atoms with van der Waals surface area (Å²) in [5, 5.41) is 11.3. The molecule has 5 nitrogen and oxygen atoms in total. The number of carboxylic acids is 1. The minimum atomic E-state index is -0.847. The number of carbonyl (C=O) groups excluding carboxylic acids is 1. The summed E-state index contributed by atoms with van der Waals surface area (Å²) in [5.41, 5.74) is 0.590. The Morgan fingerprint density at radius 1 is 1.39 bits per heavy atom. The molecule has 0 aliphatic heterocycles. The van der Waals surface area contributed by atoms with E-state index in [4.69, 9.17) is 9.84 Å². The first-order chi connectivity index (χ1) is 8.49. The molecule has 98 valence electrons. The zero-order valence-electron chi connectivity index (χ0n) is 10.5. The van der Waals surface area contributed by atoms with Crippen LogP contribution in [0.1, 0.15) is 26.7 Å². The van der Waals surface area contributed by atoms with E-state index in [1.807, 2.05) is 0 Å². The van der Waals surface area contributed by atoms with Crippen molar-refractivity contribution in [2.45, 2.75) is 32.8 Å². The SMILES string of the molecule is CC(=O)Nc1ccccc1OC(C)CCC(=O)O. The first kappa shape index (κ1) is 14.0. The molecule has 0 aromatic heterocycles. The number of ether oxygens (including phenoxy) is 1. The fraction of sp³-hybridized carbons (Fsp3) is 0.385. The van der Waals surface area contributed by atoms with Gasteiger partial charge in [0.25, 0.3) is 0 Å². The van der Waals surface area contributed by atoms with Crippen molar-refractivity contribution in [2.24, 2.45) is 0 Å². The maximum absolute atomic E-state index is 11.0. The summed E-state index contributed by atoms with van der Waals surface area (Å²) in [4.78, 5) is 21.5. The molecule has 0 spiro atoms. The maximum atomic E-state index is 11.0. The van der Waals surface area contributed by atoms with E-state index >= 15 is 0 Å². The largest absolute Gasteiger partial charge is 0.489 e. The normalized spacial score (nSPS) is 11.7. The third-order valence-electron chi connectivity index (χ3n) is 2.29. The number of carbonyl (C=O) groups is 2. The van der Waals surface area contributed by atoms with E-state index in [-0.39, 0.29) is 18.4 Å². The van der Waals surface area contributed by atoms with Gasteiger partial charge in [-0.15, -0.1) is 0 Å². The van der Waals surface area contributed by atoms with E-state index in [2.05, 4.69) is 5.32 Å². The number of hydrogen-bond acceptors (Lipinski definition) is 3. The Bertz CT molecular complexity index is 431. The van der Waals surface area contributed by atoms with Gasteiger partial charge >= 0.3 is 5.97 Å². The number of hydrogen-bond donors (Lipinski definition) is 2. The van der Waals surface area contributed by atoms with Gasteiger partial charge in [-0.25, -0.2) is 0 Å². The molecule has 1 atom stereocenters. The van der Waals surface area contributed by atoms with Crippen LogP contribution in [-0.4, -0.2) is 23.1 Å². The van der Waals surface area contributed by atoms with E-state index in [0.717, 1.165) is 0 Å². The second-order valence-corrected chi connectivity index (χ2v) is 4.04. The molecule has 0 aliphatic rings. The molecule has 1 rings (SSSR count). The highest BCUT2D eigenvalue weighted by Crippen LogP contribution is 2.25. The van der Waals surface area contributed by atoms with Gasteiger partial charge in [0.2, 0.25) is 5.91 Å². The third-order valence-corrected chi connectivity index (χ3v) is 2.29. The van der Waals surface area contributed by atoms with Crippen LogP contribution in [0.2, 0.25) is 0 Å². The lowest BCUT2D eigenvalue weighted by Crippen LogP contribution is -2.15. The Balaban J connectivity index is 2.65. The van der Waals surface area contributed by atoms with Gasteiger partial charge in [0.05, 0.1) is 11.8 Å². The fourth-order valence-electron chi connectivity index (χ4n) is 1.46. The van der Waals surface area contributed by atoms with E-state index in [9.17, 15) is 9.59 Å². The highest BCUT2D eigenvalue weighted by molar-refractivity contribution is 5.90. The summed E-state index contributed by atoms with van der Waals surface area (Å²) in [6, 6.07) is 7.06. The molecule has 1 unspecified atom stereocenters. The average molecular weight is 251 g/mol. The molecule has 1 amide bonds. The molecule has 0 aliphatic carbocycles. The number of anilines is 1. The van der Waals surface area contributed by atoms with Crippen LogP contribution < -0.4 is 10.1 Å². The van der Waals surface area contributed by atoms with E-state index in [1.165, 1.54) is 6.92 Å². The molecule has 5 heteroatoms. The molecule has 1 aromatic rings. The second-order valence-electron chi connectivity index (χ2n) is 4.04. The van der Waals surface area contributed by atoms with Gasteiger partial charge in [-0.3, -0.25) is 9.59 Å². The van der Waals surface area contributed by atoms with Crippen molar-refractivity contribution in [1.29, 1.82) is 0 Å². The molecule has 0 radical (unpaired) electrons. The van der Waals surface area contributed by atoms with Crippen LogP contribution in [0.5, 0.6) is 5.75 Å². The number of para-hydroxylation sites is 2. The molecule has 0 bridgehead atoms. The van der Waals surface area contributed by atoms with E-state index in [0.29, 0.717) is 17.9 Å². The van der Waals surface area contributed by atoms with Gasteiger partial charge in [-0.2, -0.15) is 0 Å². The van der Waals surface area contributed by atoms with Gasteiger partial charge < -0.3 is 15.2 Å². The Hall–Kier alpha value is -2.04. The molecular formula is C13H17NO4. The van der Waals surface area contributed by atoms with Gasteiger partial charge in [0, 0.05) is 13.3 Å². The van der Waals surface area contributed by atoms with Gasteiger partial charge in [0.15, 0.2) is 0 Å². The Morgan fingerprint density at radius 3 is 2.67 bits per heavy atom. The van der Waals surface area contributed by atoms with Crippen LogP contribution in [0, 0.1) is 0 Å². The number of carboxylic acid groups (broad SMARTS) is 1. The summed E-state index contributed by atoms with van der Waals surface area (Å²) >= 11 is 0. The number of aliphatic carboxylic acids is 1. The minimum Gasteiger partial charge on any atom is -0.489 e. The highest BCUT2D eigenvalue weighted by atomic mass is 16.5. The first-order valence-corrected chi connectivity index (χ1v) is 5.74. The summed E-state index contributed by atoms with van der Waals surface area (Å²) < 4.78 is 5.62. The standard InChI is InChI=1S/C13H17NO4/c1-9(7-8-13(16)17)18-12-6-4-3-5-11(12)14-10(2)15/h3-6,9H,7-8H2,1-2H3,(H,14,15)(H,16,17). The zero-order valence-corrected chi connectivity index (χ0v) is 10.5. The zero-order chi connectivity index (χ0) is 13.5. The van der Waals surface area contributed by atoms with Crippen molar-refractivity contribution < 1.29 is 19.4 Å². The van der Waals surface area contributed by atoms with Crippen molar-refractivity contribution in [3.05, 3.63) is 24.3 Å². The van der Waals surface area contributed by atoms with Crippen LogP contribution >= 0.6 is 0 Å². The summed E-state index contributed by atoms with van der Waals surface area (Å²) in [7, 11) is 0. The lowest BCUT2D eigenvalue weighted by Gasteiger charge is -2.16. The van der Waals surface area contributed by atoms with Crippen LogP contribution in [0.4, 0.5) is 5.69 Å². The number of nitrogens with one attached hydrogen (secondary N) is 1. The lowest BCUT2D eigenvalue weighted by atomic mass is 10.2. The van der Waals surface area contributed by atoms with Crippen molar-refractivity contribution >= 4 is 17.6 Å². The van der Waals surface area contributed by atoms with Gasteiger partial charge in [-0.1, -0.05) is 12.1 Å². The predicted octanol–water partition coefficient (Wildman–Crippen LogP) is 2.28. The first-order valence-electron chi connectivity index (χ1n) is 5.74. The Morgan fingerprint density at radius 2 is 2.06 bits per heavy atom. The Labute approximate surface area is 106 Å². The van der Waals surface area contributed by atoms with Crippen molar-refractivity contribution in [1.82, 2.24) is 0 Å². The third kappa shape index (κ3) is 4.86. The van der Waals surface area contributed by atoms with Gasteiger partial charge in [-0.05, 0) is 25.5 Å². The molecule has 0 fully saturated rings. The van der Waals surface area contributed by atoms with Crippen molar-refractivity contribution in [3.8, 4) is 5.75 Å². The summed E-state index contributed by atoms with van der Waals surface area (Å²) in [6.45, 7) is 3.22. The van der Waals surface area contributed by atoms with Crippen LogP contribution in [0.25, 0.3) is 0 Å². The van der Waals surface area contributed by atoms with Crippen molar-refractivity contribution in [2.75, 3.05) is 5.32 Å². The Kier molecular flexibility index (Phi) is 5.17. The molecule has 18 heavy (non-hydrogen) atoms. The monoisotopic (exact) mass is 251 g/mol. The smallest absolute Gasteiger partial charge is 0.303 e. The predicted molar refractivity (Wildman–Crippen MR) is 67.7 cm³/mol. The number of rotatable bonds is 6. The van der Waals surface area contributed by atoms with Crippen LogP contribution in [-0.2, 0) is 9.59 Å². The molecule has 0 heterocycles.